The molecule has 15 heavy (non-hydrogen) atoms. The number of hydrogen-bond donors (Lipinski definition) is 1. The van der Waals surface area contributed by atoms with Crippen molar-refractivity contribution in [3.05, 3.63) is 28.8 Å². The molecule has 0 heterocycles. The fourth-order valence-electron chi connectivity index (χ4n) is 1.69. The second-order valence-electron chi connectivity index (χ2n) is 3.66. The molecule has 0 fully saturated rings. The zero-order chi connectivity index (χ0) is 11.4. The molecule has 0 atom stereocenters. The third-order valence-corrected chi connectivity index (χ3v) is 2.39. The molecule has 0 saturated carbocycles. The summed E-state index contributed by atoms with van der Waals surface area (Å²) >= 11 is 0. The van der Waals surface area contributed by atoms with Crippen LogP contribution in [0.4, 0.5) is 0 Å². The molecule has 0 spiro atoms. The molecule has 1 aromatic rings. The molecule has 3 nitrogen and oxygen atoms in total. The van der Waals surface area contributed by atoms with Crippen molar-refractivity contribution in [2.45, 2.75) is 26.7 Å². The number of carboxylic acid groups (broad SMARTS) is 1. The molecule has 0 aromatic heterocycles. The summed E-state index contributed by atoms with van der Waals surface area (Å²) in [6.45, 7) is 3.98. The van der Waals surface area contributed by atoms with Gasteiger partial charge < -0.3 is 9.84 Å². The first-order valence-corrected chi connectivity index (χ1v) is 4.90. The van der Waals surface area contributed by atoms with Crippen molar-refractivity contribution in [1.82, 2.24) is 0 Å². The van der Waals surface area contributed by atoms with Gasteiger partial charge in [-0.3, -0.25) is 4.79 Å². The molecule has 0 unspecified atom stereocenters. The normalized spacial score (nSPS) is 10.1. The van der Waals surface area contributed by atoms with E-state index in [-0.39, 0.29) is 6.42 Å². The first-order valence-electron chi connectivity index (χ1n) is 4.90. The van der Waals surface area contributed by atoms with E-state index in [1.54, 1.807) is 7.11 Å². The van der Waals surface area contributed by atoms with Crippen LogP contribution in [0.15, 0.2) is 12.1 Å². The van der Waals surface area contributed by atoms with Crippen LogP contribution >= 0.6 is 0 Å². The second-order valence-corrected chi connectivity index (χ2v) is 3.66. The molecule has 3 heteroatoms. The van der Waals surface area contributed by atoms with Gasteiger partial charge in [0.2, 0.25) is 0 Å². The van der Waals surface area contributed by atoms with Crippen LogP contribution in [-0.4, -0.2) is 18.2 Å². The highest BCUT2D eigenvalue weighted by Crippen LogP contribution is 2.25. The minimum Gasteiger partial charge on any atom is -0.496 e. The van der Waals surface area contributed by atoms with E-state index in [1.807, 2.05) is 26.0 Å². The van der Waals surface area contributed by atoms with Crippen LogP contribution in [0.2, 0.25) is 0 Å². The van der Waals surface area contributed by atoms with Crippen LogP contribution < -0.4 is 4.74 Å². The van der Waals surface area contributed by atoms with Crippen LogP contribution in [0.25, 0.3) is 0 Å². The van der Waals surface area contributed by atoms with E-state index in [1.165, 1.54) is 0 Å². The molecule has 0 radical (unpaired) electrons. The average molecular weight is 208 g/mol. The summed E-state index contributed by atoms with van der Waals surface area (Å²) in [6, 6.07) is 3.98. The fraction of sp³-hybridized carbons (Fsp3) is 0.417. The van der Waals surface area contributed by atoms with Gasteiger partial charge in [0.15, 0.2) is 0 Å². The minimum atomic E-state index is -0.781. The monoisotopic (exact) mass is 208 g/mol. The predicted octanol–water partition coefficient (Wildman–Crippen LogP) is 2.33. The number of benzene rings is 1. The molecule has 1 rings (SSSR count). The van der Waals surface area contributed by atoms with Crippen molar-refractivity contribution in [2.24, 2.45) is 0 Å². The van der Waals surface area contributed by atoms with Gasteiger partial charge in [-0.15, -0.1) is 0 Å². The summed E-state index contributed by atoms with van der Waals surface area (Å²) < 4.78 is 5.25. The topological polar surface area (TPSA) is 46.5 Å². The first kappa shape index (κ1) is 11.6. The van der Waals surface area contributed by atoms with Gasteiger partial charge in [0.05, 0.1) is 7.11 Å². The van der Waals surface area contributed by atoms with Crippen molar-refractivity contribution in [2.75, 3.05) is 7.11 Å². The molecule has 0 bridgehead atoms. The van der Waals surface area contributed by atoms with E-state index in [2.05, 4.69) is 0 Å². The highest BCUT2D eigenvalue weighted by atomic mass is 16.5. The van der Waals surface area contributed by atoms with Gasteiger partial charge in [0.25, 0.3) is 0 Å². The summed E-state index contributed by atoms with van der Waals surface area (Å²) in [5.41, 5.74) is 3.21. The summed E-state index contributed by atoms with van der Waals surface area (Å²) in [7, 11) is 1.61. The highest BCUT2D eigenvalue weighted by Gasteiger charge is 2.09. The van der Waals surface area contributed by atoms with Gasteiger partial charge in [-0.2, -0.15) is 0 Å². The van der Waals surface area contributed by atoms with Crippen LogP contribution in [0, 0.1) is 13.8 Å². The Labute approximate surface area is 89.7 Å². The number of aliphatic carboxylic acids is 1. The minimum absolute atomic E-state index is 0.139. The van der Waals surface area contributed by atoms with Crippen LogP contribution in [-0.2, 0) is 11.2 Å². The summed E-state index contributed by atoms with van der Waals surface area (Å²) in [5.74, 6) is 0.00535. The lowest BCUT2D eigenvalue weighted by Gasteiger charge is -2.11. The zero-order valence-electron chi connectivity index (χ0n) is 9.33. The van der Waals surface area contributed by atoms with Crippen molar-refractivity contribution in [3.63, 3.8) is 0 Å². The van der Waals surface area contributed by atoms with Gasteiger partial charge >= 0.3 is 5.97 Å². The predicted molar refractivity (Wildman–Crippen MR) is 58.4 cm³/mol. The quantitative estimate of drug-likeness (QED) is 0.826. The first-order chi connectivity index (χ1) is 7.04. The van der Waals surface area contributed by atoms with Crippen LogP contribution in [0.5, 0.6) is 5.75 Å². The number of aryl methyl sites for hydroxylation is 2. The lowest BCUT2D eigenvalue weighted by atomic mass is 10.0. The maximum absolute atomic E-state index is 10.5. The summed E-state index contributed by atoms with van der Waals surface area (Å²) in [5, 5.41) is 8.64. The highest BCUT2D eigenvalue weighted by molar-refractivity contribution is 5.67. The van der Waals surface area contributed by atoms with Crippen molar-refractivity contribution < 1.29 is 14.6 Å². The van der Waals surface area contributed by atoms with Crippen molar-refractivity contribution in [1.29, 1.82) is 0 Å². The van der Waals surface area contributed by atoms with Gasteiger partial charge in [-0.1, -0.05) is 6.07 Å². The Morgan fingerprint density at radius 2 is 2.07 bits per heavy atom. The van der Waals surface area contributed by atoms with E-state index in [4.69, 9.17) is 9.84 Å². The number of hydrogen-bond acceptors (Lipinski definition) is 2. The number of carbonyl (C=O) groups is 1. The van der Waals surface area contributed by atoms with Crippen molar-refractivity contribution >= 4 is 5.97 Å². The van der Waals surface area contributed by atoms with E-state index in [0.717, 1.165) is 22.4 Å². The lowest BCUT2D eigenvalue weighted by molar-refractivity contribution is -0.136. The van der Waals surface area contributed by atoms with Gasteiger partial charge in [0.1, 0.15) is 5.75 Å². The maximum atomic E-state index is 10.5. The Bertz CT molecular complexity index is 369. The Balaban J connectivity index is 2.98. The Morgan fingerprint density at radius 3 is 2.60 bits per heavy atom. The Kier molecular flexibility index (Phi) is 3.72. The number of ether oxygens (including phenoxy) is 1. The molecule has 82 valence electrons. The van der Waals surface area contributed by atoms with Gasteiger partial charge in [0, 0.05) is 6.42 Å². The van der Waals surface area contributed by atoms with Crippen molar-refractivity contribution in [3.8, 4) is 5.75 Å². The Morgan fingerprint density at radius 1 is 1.40 bits per heavy atom. The largest absolute Gasteiger partial charge is 0.496 e. The standard InChI is InChI=1S/C12H16O3/c1-8-6-9(2)10(4-5-12(13)14)11(7-8)15-3/h6-7H,4-5H2,1-3H3,(H,13,14). The Hall–Kier alpha value is -1.51. The van der Waals surface area contributed by atoms with E-state index < -0.39 is 5.97 Å². The lowest BCUT2D eigenvalue weighted by Crippen LogP contribution is -2.02. The molecule has 0 aliphatic carbocycles. The zero-order valence-corrected chi connectivity index (χ0v) is 9.33. The molecule has 1 N–H and O–H groups in total. The van der Waals surface area contributed by atoms with Gasteiger partial charge in [-0.25, -0.2) is 0 Å². The molecule has 0 amide bonds. The third-order valence-electron chi connectivity index (χ3n) is 2.39. The smallest absolute Gasteiger partial charge is 0.303 e. The van der Waals surface area contributed by atoms with Crippen LogP contribution in [0.3, 0.4) is 0 Å². The average Bonchev–Trinajstić information content (AvgIpc) is 2.14. The maximum Gasteiger partial charge on any atom is 0.303 e. The molecule has 1 aromatic carbocycles. The van der Waals surface area contributed by atoms with Crippen LogP contribution in [0.1, 0.15) is 23.1 Å². The molecular formula is C12H16O3. The van der Waals surface area contributed by atoms with E-state index in [0.29, 0.717) is 6.42 Å². The summed E-state index contributed by atoms with van der Waals surface area (Å²) in [6.07, 6.45) is 0.658. The third kappa shape index (κ3) is 2.98. The molecule has 0 saturated heterocycles. The SMILES string of the molecule is COc1cc(C)cc(C)c1CCC(=O)O. The number of methoxy groups -OCH3 is 1. The molecule has 0 aliphatic rings. The van der Waals surface area contributed by atoms with E-state index in [9.17, 15) is 4.79 Å². The number of carboxylic acids is 1. The molecule has 0 aliphatic heterocycles. The number of rotatable bonds is 4. The molecular weight excluding hydrogens is 192 g/mol. The fourth-order valence-corrected chi connectivity index (χ4v) is 1.69. The van der Waals surface area contributed by atoms with Gasteiger partial charge in [-0.05, 0) is 43.0 Å². The van der Waals surface area contributed by atoms with E-state index >= 15 is 0 Å². The summed E-state index contributed by atoms with van der Waals surface area (Å²) in [4.78, 5) is 10.5. The second kappa shape index (κ2) is 4.82.